The van der Waals surface area contributed by atoms with Gasteiger partial charge in [0.15, 0.2) is 11.5 Å². The molecule has 0 radical (unpaired) electrons. The molecule has 142 valence electrons. The first-order chi connectivity index (χ1) is 12.6. The minimum Gasteiger partial charge on any atom is -0.493 e. The quantitative estimate of drug-likeness (QED) is 0.445. The van der Waals surface area contributed by atoms with Crippen molar-refractivity contribution in [2.75, 3.05) is 14.2 Å². The van der Waals surface area contributed by atoms with Crippen LogP contribution in [0.5, 0.6) is 11.5 Å². The molecule has 0 unspecified atom stereocenters. The van der Waals surface area contributed by atoms with Gasteiger partial charge in [0.25, 0.3) is 0 Å². The Balaban J connectivity index is 2.13. The van der Waals surface area contributed by atoms with Crippen molar-refractivity contribution in [1.29, 1.82) is 0 Å². The van der Waals surface area contributed by atoms with Crippen molar-refractivity contribution in [3.8, 4) is 11.5 Å². The lowest BCUT2D eigenvalue weighted by Gasteiger charge is -2.23. The second-order valence-electron chi connectivity index (χ2n) is 6.16. The van der Waals surface area contributed by atoms with E-state index in [0.29, 0.717) is 17.3 Å². The largest absolute Gasteiger partial charge is 0.493 e. The number of hydrogen-bond donors (Lipinski definition) is 0. The van der Waals surface area contributed by atoms with E-state index < -0.39 is 34.3 Å². The van der Waals surface area contributed by atoms with Gasteiger partial charge in [0.2, 0.25) is 0 Å². The molecule has 9 heteroatoms. The van der Waals surface area contributed by atoms with Gasteiger partial charge in [-0.25, -0.2) is 0 Å². The van der Waals surface area contributed by atoms with E-state index in [1.807, 2.05) is 0 Å². The van der Waals surface area contributed by atoms with Crippen LogP contribution in [0, 0.1) is 0 Å². The molecule has 1 aliphatic carbocycles. The number of hydrogen-bond acceptors (Lipinski definition) is 3. The van der Waals surface area contributed by atoms with E-state index in [2.05, 4.69) is 4.98 Å². The number of halogens is 6. The van der Waals surface area contributed by atoms with Crippen LogP contribution < -0.4 is 9.47 Å². The first-order valence-corrected chi connectivity index (χ1v) is 7.69. The summed E-state index contributed by atoms with van der Waals surface area (Å²) >= 11 is 0. The molecule has 1 aliphatic rings. The smallest absolute Gasteiger partial charge is 0.380 e. The van der Waals surface area contributed by atoms with Crippen molar-refractivity contribution in [3.05, 3.63) is 41.6 Å². The maximum absolute atomic E-state index is 14.3. The van der Waals surface area contributed by atoms with Crippen molar-refractivity contribution < 1.29 is 35.8 Å². The fraction of sp³-hybridized carbons (Fsp3) is 0.278. The second kappa shape index (κ2) is 5.17. The molecule has 3 nitrogen and oxygen atoms in total. The number of alkyl halides is 6. The van der Waals surface area contributed by atoms with E-state index in [0.717, 1.165) is 6.07 Å². The molecule has 0 aliphatic heterocycles. The number of nitrogens with zero attached hydrogens (tertiary/aromatic N) is 1. The average Bonchev–Trinajstić information content (AvgIpc) is 2.74. The Labute approximate surface area is 148 Å². The summed E-state index contributed by atoms with van der Waals surface area (Å²) in [5, 5.41) is 0.309. The normalized spacial score (nSPS) is 19.3. The molecule has 0 spiro atoms. The van der Waals surface area contributed by atoms with E-state index >= 15 is 0 Å². The number of rotatable bonds is 2. The van der Waals surface area contributed by atoms with Crippen molar-refractivity contribution in [3.63, 3.8) is 0 Å². The first-order valence-electron chi connectivity index (χ1n) is 7.69. The zero-order chi connectivity index (χ0) is 19.8. The number of fused-ring (bicyclic) bond motifs is 5. The van der Waals surface area contributed by atoms with Gasteiger partial charge in [0, 0.05) is 22.5 Å². The highest BCUT2D eigenvalue weighted by molar-refractivity contribution is 6.08. The van der Waals surface area contributed by atoms with Crippen molar-refractivity contribution in [2.24, 2.45) is 0 Å². The Morgan fingerprint density at radius 1 is 0.815 bits per heavy atom. The third-order valence-electron chi connectivity index (χ3n) is 4.80. The van der Waals surface area contributed by atoms with Gasteiger partial charge >= 0.3 is 17.8 Å². The van der Waals surface area contributed by atoms with E-state index in [4.69, 9.17) is 9.47 Å². The van der Waals surface area contributed by atoms with Crippen LogP contribution in [0.4, 0.5) is 26.3 Å². The number of methoxy groups -OCH3 is 2. The fourth-order valence-corrected chi connectivity index (χ4v) is 3.41. The summed E-state index contributed by atoms with van der Waals surface area (Å²) in [6, 6.07) is 5.41. The van der Waals surface area contributed by atoms with Crippen molar-refractivity contribution in [1.82, 2.24) is 4.98 Å². The van der Waals surface area contributed by atoms with E-state index in [-0.39, 0.29) is 16.7 Å². The van der Waals surface area contributed by atoms with Gasteiger partial charge in [-0.2, -0.15) is 26.3 Å². The Kier molecular flexibility index (Phi) is 3.39. The summed E-state index contributed by atoms with van der Waals surface area (Å²) in [5.74, 6) is -15.0. The van der Waals surface area contributed by atoms with Gasteiger partial charge in [-0.1, -0.05) is 12.1 Å². The van der Waals surface area contributed by atoms with Crippen LogP contribution in [0.2, 0.25) is 0 Å². The maximum Gasteiger partial charge on any atom is 0.380 e. The standard InChI is InChI=1S/C18H11F6NO2/c1-26-12-5-8-3-4-9-14-11(16(19,20)18(23,24)17(14,21)22)7-25-15(9)10(8)6-13(12)27-2/h3-7H,1-2H3. The zero-order valence-electron chi connectivity index (χ0n) is 13.9. The monoisotopic (exact) mass is 387 g/mol. The Bertz CT molecular complexity index is 1100. The summed E-state index contributed by atoms with van der Waals surface area (Å²) in [6.45, 7) is 0. The van der Waals surface area contributed by atoms with E-state index in [9.17, 15) is 26.3 Å². The van der Waals surface area contributed by atoms with E-state index in [1.54, 1.807) is 6.07 Å². The lowest BCUT2D eigenvalue weighted by Crippen LogP contribution is -2.43. The minimum atomic E-state index is -5.55. The summed E-state index contributed by atoms with van der Waals surface area (Å²) < 4.78 is 94.4. The first kappa shape index (κ1) is 17.7. The number of ether oxygens (including phenoxy) is 2. The molecular formula is C18H11F6NO2. The van der Waals surface area contributed by atoms with Crippen LogP contribution in [0.25, 0.3) is 21.7 Å². The van der Waals surface area contributed by atoms with E-state index in [1.165, 1.54) is 26.4 Å². The molecule has 27 heavy (non-hydrogen) atoms. The Morgan fingerprint density at radius 2 is 1.44 bits per heavy atom. The van der Waals surface area contributed by atoms with Crippen LogP contribution in [-0.2, 0) is 11.8 Å². The lowest BCUT2D eigenvalue weighted by atomic mass is 9.99. The molecule has 0 amide bonds. The molecule has 0 bridgehead atoms. The summed E-state index contributed by atoms with van der Waals surface area (Å²) in [6.07, 6.45) is 0.392. The highest BCUT2D eigenvalue weighted by Gasteiger charge is 2.79. The molecule has 0 saturated carbocycles. The minimum absolute atomic E-state index is 0.111. The van der Waals surface area contributed by atoms with Crippen molar-refractivity contribution in [2.45, 2.75) is 17.8 Å². The molecule has 4 rings (SSSR count). The van der Waals surface area contributed by atoms with Crippen molar-refractivity contribution >= 4 is 21.7 Å². The molecule has 0 saturated heterocycles. The lowest BCUT2D eigenvalue weighted by molar-refractivity contribution is -0.302. The Morgan fingerprint density at radius 3 is 2.07 bits per heavy atom. The van der Waals surface area contributed by atoms with Crippen LogP contribution in [-0.4, -0.2) is 25.1 Å². The molecule has 0 fully saturated rings. The van der Waals surface area contributed by atoms with Gasteiger partial charge in [0.05, 0.1) is 25.3 Å². The second-order valence-corrected chi connectivity index (χ2v) is 6.16. The van der Waals surface area contributed by atoms with Crippen LogP contribution in [0.3, 0.4) is 0 Å². The highest BCUT2D eigenvalue weighted by atomic mass is 19.3. The third kappa shape index (κ3) is 1.97. The van der Waals surface area contributed by atoms with Crippen LogP contribution in [0.15, 0.2) is 30.5 Å². The number of aromatic nitrogens is 1. The molecule has 3 aromatic rings. The predicted molar refractivity (Wildman–Crippen MR) is 85.1 cm³/mol. The molecule has 0 N–H and O–H groups in total. The van der Waals surface area contributed by atoms with Gasteiger partial charge in [-0.15, -0.1) is 0 Å². The molecular weight excluding hydrogens is 376 g/mol. The molecule has 1 aromatic heterocycles. The Hall–Kier alpha value is -2.71. The SMILES string of the molecule is COc1cc2ccc3c4c(cnc3c2cc1OC)C(F)(F)C(F)(F)C4(F)F. The van der Waals surface area contributed by atoms with Gasteiger partial charge in [-0.3, -0.25) is 4.98 Å². The molecule has 2 aromatic carbocycles. The molecule has 1 heterocycles. The third-order valence-corrected chi connectivity index (χ3v) is 4.80. The fourth-order valence-electron chi connectivity index (χ4n) is 3.41. The predicted octanol–water partition coefficient (Wildman–Crippen LogP) is 5.24. The average molecular weight is 387 g/mol. The summed E-state index contributed by atoms with van der Waals surface area (Å²) in [5.41, 5.74) is -2.98. The van der Waals surface area contributed by atoms with Crippen LogP contribution >= 0.6 is 0 Å². The topological polar surface area (TPSA) is 31.4 Å². The highest BCUT2D eigenvalue weighted by Crippen LogP contribution is 2.64. The summed E-state index contributed by atoms with van der Waals surface area (Å²) in [4.78, 5) is 3.80. The van der Waals surface area contributed by atoms with Gasteiger partial charge in [-0.05, 0) is 17.5 Å². The zero-order valence-corrected chi connectivity index (χ0v) is 13.9. The number of pyridine rings is 1. The summed E-state index contributed by atoms with van der Waals surface area (Å²) in [7, 11) is 2.76. The maximum atomic E-state index is 14.3. The number of benzene rings is 2. The van der Waals surface area contributed by atoms with Gasteiger partial charge in [0.1, 0.15) is 0 Å². The molecule has 0 atom stereocenters. The van der Waals surface area contributed by atoms with Gasteiger partial charge < -0.3 is 9.47 Å². The van der Waals surface area contributed by atoms with Crippen LogP contribution in [0.1, 0.15) is 11.1 Å².